The number of carbonyl (C=O) groups is 1. The van der Waals surface area contributed by atoms with Gasteiger partial charge in [-0.1, -0.05) is 24.3 Å². The smallest absolute Gasteiger partial charge is 0.229 e. The zero-order valence-electron chi connectivity index (χ0n) is 18.0. The van der Waals surface area contributed by atoms with Gasteiger partial charge in [0.2, 0.25) is 5.91 Å². The summed E-state index contributed by atoms with van der Waals surface area (Å²) in [5, 5.41) is 8.60. The van der Waals surface area contributed by atoms with Gasteiger partial charge >= 0.3 is 0 Å². The lowest BCUT2D eigenvalue weighted by molar-refractivity contribution is -0.115. The fourth-order valence-electron chi connectivity index (χ4n) is 3.57. The Morgan fingerprint density at radius 2 is 1.77 bits per heavy atom. The SMILES string of the molecule is COc1ccc(CC(=O)Nc2cc(C)nn2-c2cc(C)c3ccccc3n2)cc1OC. The predicted molar refractivity (Wildman–Crippen MR) is 120 cm³/mol. The molecule has 4 rings (SSSR count). The van der Waals surface area contributed by atoms with E-state index in [9.17, 15) is 4.79 Å². The highest BCUT2D eigenvalue weighted by Gasteiger charge is 2.15. The third-order valence-corrected chi connectivity index (χ3v) is 5.04. The van der Waals surface area contributed by atoms with Crippen molar-refractivity contribution in [3.63, 3.8) is 0 Å². The van der Waals surface area contributed by atoms with Gasteiger partial charge in [0, 0.05) is 11.5 Å². The molecular weight excluding hydrogens is 392 g/mol. The minimum atomic E-state index is -0.161. The summed E-state index contributed by atoms with van der Waals surface area (Å²) in [5.41, 5.74) is 3.58. The Kier molecular flexibility index (Phi) is 5.58. The number of para-hydroxylation sites is 1. The zero-order valence-corrected chi connectivity index (χ0v) is 18.0. The second-order valence-corrected chi connectivity index (χ2v) is 7.31. The molecule has 0 aliphatic heterocycles. The molecular formula is C24H24N4O3. The molecule has 1 N–H and O–H groups in total. The Morgan fingerprint density at radius 1 is 1.00 bits per heavy atom. The summed E-state index contributed by atoms with van der Waals surface area (Å²) in [7, 11) is 3.15. The van der Waals surface area contributed by atoms with E-state index in [2.05, 4.69) is 10.4 Å². The number of hydrogen-bond donors (Lipinski definition) is 1. The molecule has 0 saturated carbocycles. The average Bonchev–Trinajstić information content (AvgIpc) is 3.13. The first-order valence-electron chi connectivity index (χ1n) is 9.92. The molecule has 2 heterocycles. The normalized spacial score (nSPS) is 10.8. The Labute approximate surface area is 180 Å². The van der Waals surface area contributed by atoms with Crippen molar-refractivity contribution in [3.8, 4) is 17.3 Å². The summed E-state index contributed by atoms with van der Waals surface area (Å²) in [6.45, 7) is 3.92. The van der Waals surface area contributed by atoms with Gasteiger partial charge in [-0.05, 0) is 49.2 Å². The van der Waals surface area contributed by atoms with E-state index < -0.39 is 0 Å². The summed E-state index contributed by atoms with van der Waals surface area (Å²) >= 11 is 0. The molecule has 0 atom stereocenters. The van der Waals surface area contributed by atoms with Gasteiger partial charge in [-0.3, -0.25) is 4.79 Å². The van der Waals surface area contributed by atoms with Crippen LogP contribution in [0.2, 0.25) is 0 Å². The number of rotatable bonds is 6. The van der Waals surface area contributed by atoms with Crippen LogP contribution in [0.1, 0.15) is 16.8 Å². The number of aromatic nitrogens is 3. The Bertz CT molecular complexity index is 1260. The zero-order chi connectivity index (χ0) is 22.0. The van der Waals surface area contributed by atoms with Gasteiger partial charge in [0.15, 0.2) is 17.3 Å². The molecule has 0 aliphatic rings. The molecule has 0 aliphatic carbocycles. The van der Waals surface area contributed by atoms with E-state index in [0.29, 0.717) is 23.1 Å². The van der Waals surface area contributed by atoms with Crippen molar-refractivity contribution in [1.29, 1.82) is 0 Å². The first kappa shape index (κ1) is 20.4. The lowest BCUT2D eigenvalue weighted by Gasteiger charge is -2.12. The second kappa shape index (κ2) is 8.47. The van der Waals surface area contributed by atoms with Gasteiger partial charge in [-0.15, -0.1) is 0 Å². The van der Waals surface area contributed by atoms with Crippen LogP contribution in [0.15, 0.2) is 54.6 Å². The van der Waals surface area contributed by atoms with E-state index in [1.807, 2.05) is 56.3 Å². The van der Waals surface area contributed by atoms with Crippen LogP contribution in [0, 0.1) is 13.8 Å². The Hall–Kier alpha value is -3.87. The van der Waals surface area contributed by atoms with E-state index in [4.69, 9.17) is 14.5 Å². The summed E-state index contributed by atoms with van der Waals surface area (Å²) in [4.78, 5) is 17.5. The summed E-state index contributed by atoms with van der Waals surface area (Å²) in [6, 6.07) is 17.2. The average molecular weight is 416 g/mol. The van der Waals surface area contributed by atoms with Crippen LogP contribution in [-0.4, -0.2) is 34.9 Å². The molecule has 31 heavy (non-hydrogen) atoms. The Morgan fingerprint density at radius 3 is 2.55 bits per heavy atom. The van der Waals surface area contributed by atoms with Gasteiger partial charge < -0.3 is 14.8 Å². The molecule has 4 aromatic rings. The molecule has 1 amide bonds. The number of ether oxygens (including phenoxy) is 2. The van der Waals surface area contributed by atoms with Crippen molar-refractivity contribution in [2.75, 3.05) is 19.5 Å². The van der Waals surface area contributed by atoms with Gasteiger partial charge in [-0.2, -0.15) is 9.78 Å². The monoisotopic (exact) mass is 416 g/mol. The molecule has 0 bridgehead atoms. The number of amides is 1. The first-order chi connectivity index (χ1) is 15.0. The maximum Gasteiger partial charge on any atom is 0.229 e. The van der Waals surface area contributed by atoms with Gasteiger partial charge in [0.1, 0.15) is 5.82 Å². The minimum Gasteiger partial charge on any atom is -0.493 e. The van der Waals surface area contributed by atoms with E-state index in [-0.39, 0.29) is 12.3 Å². The van der Waals surface area contributed by atoms with Crippen molar-refractivity contribution in [3.05, 3.63) is 71.4 Å². The van der Waals surface area contributed by atoms with Crippen molar-refractivity contribution >= 4 is 22.6 Å². The molecule has 0 saturated heterocycles. The number of nitrogens with zero attached hydrogens (tertiary/aromatic N) is 3. The quantitative estimate of drug-likeness (QED) is 0.509. The second-order valence-electron chi connectivity index (χ2n) is 7.31. The minimum absolute atomic E-state index is 0.161. The van der Waals surface area contributed by atoms with Crippen molar-refractivity contribution in [2.45, 2.75) is 20.3 Å². The number of nitrogens with one attached hydrogen (secondary N) is 1. The van der Waals surface area contributed by atoms with E-state index in [1.165, 1.54) is 0 Å². The lowest BCUT2D eigenvalue weighted by Crippen LogP contribution is -2.17. The number of anilines is 1. The maximum absolute atomic E-state index is 12.8. The molecule has 2 aromatic carbocycles. The molecule has 2 aromatic heterocycles. The van der Waals surface area contributed by atoms with E-state index in [0.717, 1.165) is 27.7 Å². The molecule has 0 fully saturated rings. The number of methoxy groups -OCH3 is 2. The fraction of sp³-hybridized carbons (Fsp3) is 0.208. The van der Waals surface area contributed by atoms with Gasteiger partial charge in [0.25, 0.3) is 0 Å². The summed E-state index contributed by atoms with van der Waals surface area (Å²) in [5.74, 6) is 2.28. The molecule has 0 radical (unpaired) electrons. The molecule has 158 valence electrons. The molecule has 7 nitrogen and oxygen atoms in total. The number of benzene rings is 2. The summed E-state index contributed by atoms with van der Waals surface area (Å²) in [6.07, 6.45) is 0.189. The number of aryl methyl sites for hydroxylation is 2. The highest BCUT2D eigenvalue weighted by atomic mass is 16.5. The summed E-state index contributed by atoms with van der Waals surface area (Å²) < 4.78 is 12.2. The standard InChI is InChI=1S/C24H24N4O3/c1-15-11-22(25-19-8-6-5-7-18(15)19)28-23(12-16(2)27-28)26-24(29)14-17-9-10-20(30-3)21(13-17)31-4/h5-13H,14H2,1-4H3,(H,26,29). The first-order valence-corrected chi connectivity index (χ1v) is 9.92. The highest BCUT2D eigenvalue weighted by molar-refractivity contribution is 5.92. The molecule has 0 unspecified atom stereocenters. The highest BCUT2D eigenvalue weighted by Crippen LogP contribution is 2.28. The topological polar surface area (TPSA) is 78.3 Å². The Balaban J connectivity index is 1.60. The third-order valence-electron chi connectivity index (χ3n) is 5.04. The van der Waals surface area contributed by atoms with Crippen LogP contribution in [0.25, 0.3) is 16.7 Å². The van der Waals surface area contributed by atoms with Gasteiger partial charge in [0.05, 0.1) is 31.9 Å². The van der Waals surface area contributed by atoms with Crippen LogP contribution in [-0.2, 0) is 11.2 Å². The van der Waals surface area contributed by atoms with Crippen LogP contribution in [0.5, 0.6) is 11.5 Å². The van der Waals surface area contributed by atoms with Crippen LogP contribution >= 0.6 is 0 Å². The van der Waals surface area contributed by atoms with Crippen molar-refractivity contribution < 1.29 is 14.3 Å². The number of pyridine rings is 1. The van der Waals surface area contributed by atoms with Crippen molar-refractivity contribution in [1.82, 2.24) is 14.8 Å². The lowest BCUT2D eigenvalue weighted by atomic mass is 10.1. The largest absolute Gasteiger partial charge is 0.493 e. The molecule has 7 heteroatoms. The maximum atomic E-state index is 12.8. The van der Waals surface area contributed by atoms with E-state index in [1.54, 1.807) is 31.0 Å². The van der Waals surface area contributed by atoms with Gasteiger partial charge in [-0.25, -0.2) is 4.98 Å². The van der Waals surface area contributed by atoms with Crippen LogP contribution in [0.3, 0.4) is 0 Å². The third kappa shape index (κ3) is 4.21. The number of fused-ring (bicyclic) bond motifs is 1. The van der Waals surface area contributed by atoms with Crippen molar-refractivity contribution in [2.24, 2.45) is 0 Å². The number of hydrogen-bond acceptors (Lipinski definition) is 5. The van der Waals surface area contributed by atoms with Crippen LogP contribution < -0.4 is 14.8 Å². The fourth-order valence-corrected chi connectivity index (χ4v) is 3.57. The van der Waals surface area contributed by atoms with E-state index >= 15 is 0 Å². The predicted octanol–water partition coefficient (Wildman–Crippen LogP) is 4.24. The number of carbonyl (C=O) groups excluding carboxylic acids is 1. The molecule has 0 spiro atoms. The van der Waals surface area contributed by atoms with Crippen LogP contribution in [0.4, 0.5) is 5.82 Å².